The molecular weight excluding hydrogens is 248 g/mol. The number of nitrogens with zero attached hydrogens (tertiary/aromatic N) is 1. The van der Waals surface area contributed by atoms with Crippen molar-refractivity contribution >= 4 is 11.3 Å². The van der Waals surface area contributed by atoms with Crippen LogP contribution in [-0.2, 0) is 6.54 Å². The second-order valence-corrected chi connectivity index (χ2v) is 4.73. The van der Waals surface area contributed by atoms with Gasteiger partial charge in [-0.1, -0.05) is 0 Å². The molecule has 0 spiro atoms. The summed E-state index contributed by atoms with van der Waals surface area (Å²) in [4.78, 5) is 4.49. The Bertz CT molecular complexity index is 552. The minimum Gasteiger partial charge on any atom is -0.493 e. The highest BCUT2D eigenvalue weighted by atomic mass is 32.1. The lowest BCUT2D eigenvalue weighted by molar-refractivity contribution is 0.355. The van der Waals surface area contributed by atoms with Crippen molar-refractivity contribution in [1.29, 1.82) is 0 Å². The number of methoxy groups -OCH3 is 2. The molecule has 1 aromatic carbocycles. The predicted octanol–water partition coefficient (Wildman–Crippen LogP) is 2.59. The molecule has 5 heteroatoms. The fourth-order valence-electron chi connectivity index (χ4n) is 1.74. The van der Waals surface area contributed by atoms with Gasteiger partial charge in [-0.3, -0.25) is 0 Å². The molecule has 0 aliphatic carbocycles. The zero-order valence-corrected chi connectivity index (χ0v) is 11.5. The maximum Gasteiger partial charge on any atom is 0.161 e. The Labute approximate surface area is 110 Å². The van der Waals surface area contributed by atoms with Crippen molar-refractivity contribution in [2.24, 2.45) is 5.73 Å². The van der Waals surface area contributed by atoms with E-state index >= 15 is 0 Å². The van der Waals surface area contributed by atoms with Crippen molar-refractivity contribution in [3.63, 3.8) is 0 Å². The molecule has 4 nitrogen and oxygen atoms in total. The molecule has 1 heterocycles. The summed E-state index contributed by atoms with van der Waals surface area (Å²) >= 11 is 1.59. The lowest BCUT2D eigenvalue weighted by Gasteiger charge is -2.11. The largest absolute Gasteiger partial charge is 0.493 e. The van der Waals surface area contributed by atoms with Crippen molar-refractivity contribution in [3.8, 4) is 22.1 Å². The van der Waals surface area contributed by atoms with Gasteiger partial charge in [0, 0.05) is 17.5 Å². The van der Waals surface area contributed by atoms with Gasteiger partial charge in [0.05, 0.1) is 19.9 Å². The lowest BCUT2D eigenvalue weighted by atomic mass is 10.1. The normalized spacial score (nSPS) is 10.4. The molecule has 0 fully saturated rings. The summed E-state index contributed by atoms with van der Waals surface area (Å²) in [6.07, 6.45) is 0. The number of thiazole rings is 1. The van der Waals surface area contributed by atoms with Crippen LogP contribution in [0.5, 0.6) is 11.5 Å². The smallest absolute Gasteiger partial charge is 0.161 e. The summed E-state index contributed by atoms with van der Waals surface area (Å²) in [5.41, 5.74) is 8.64. The van der Waals surface area contributed by atoms with Crippen LogP contribution in [-0.4, -0.2) is 19.2 Å². The molecule has 2 rings (SSSR count). The third-order valence-corrected chi connectivity index (χ3v) is 3.65. The van der Waals surface area contributed by atoms with E-state index in [-0.39, 0.29) is 0 Å². The second kappa shape index (κ2) is 5.37. The Morgan fingerprint density at radius 1 is 1.22 bits per heavy atom. The number of benzene rings is 1. The number of rotatable bonds is 4. The van der Waals surface area contributed by atoms with Crippen LogP contribution in [0.2, 0.25) is 0 Å². The maximum absolute atomic E-state index is 5.58. The van der Waals surface area contributed by atoms with Crippen LogP contribution >= 0.6 is 11.3 Å². The van der Waals surface area contributed by atoms with Gasteiger partial charge in [0.1, 0.15) is 5.01 Å². The molecule has 18 heavy (non-hydrogen) atoms. The van der Waals surface area contributed by atoms with E-state index in [1.807, 2.05) is 24.4 Å². The van der Waals surface area contributed by atoms with Crippen LogP contribution in [0.25, 0.3) is 10.6 Å². The highest BCUT2D eigenvalue weighted by molar-refractivity contribution is 7.13. The highest BCUT2D eigenvalue weighted by Gasteiger charge is 2.12. The van der Waals surface area contributed by atoms with Crippen LogP contribution in [0.4, 0.5) is 0 Å². The van der Waals surface area contributed by atoms with Gasteiger partial charge in [0.25, 0.3) is 0 Å². The van der Waals surface area contributed by atoms with Crippen molar-refractivity contribution in [1.82, 2.24) is 4.98 Å². The van der Waals surface area contributed by atoms with E-state index in [1.54, 1.807) is 25.6 Å². The molecule has 0 saturated heterocycles. The van der Waals surface area contributed by atoms with Crippen LogP contribution in [0.15, 0.2) is 17.5 Å². The number of hydrogen-bond acceptors (Lipinski definition) is 5. The molecular formula is C13H16N2O2S. The Balaban J connectivity index is 2.50. The summed E-state index contributed by atoms with van der Waals surface area (Å²) in [5, 5.41) is 2.93. The van der Waals surface area contributed by atoms with E-state index in [9.17, 15) is 0 Å². The van der Waals surface area contributed by atoms with E-state index < -0.39 is 0 Å². The van der Waals surface area contributed by atoms with Gasteiger partial charge in [-0.15, -0.1) is 11.3 Å². The SMILES string of the molecule is COc1cc(C)c(-c2nc(CN)cs2)cc1OC. The topological polar surface area (TPSA) is 57.4 Å². The Kier molecular flexibility index (Phi) is 3.84. The maximum atomic E-state index is 5.58. The number of nitrogens with two attached hydrogens (primary N) is 1. The minimum atomic E-state index is 0.461. The molecule has 0 radical (unpaired) electrons. The summed E-state index contributed by atoms with van der Waals surface area (Å²) in [6, 6.07) is 3.91. The van der Waals surface area contributed by atoms with Gasteiger partial charge in [-0.2, -0.15) is 0 Å². The number of ether oxygens (including phenoxy) is 2. The monoisotopic (exact) mass is 264 g/mol. The number of aryl methyl sites for hydroxylation is 1. The van der Waals surface area contributed by atoms with Crippen molar-refractivity contribution in [2.45, 2.75) is 13.5 Å². The van der Waals surface area contributed by atoms with Crippen LogP contribution < -0.4 is 15.2 Å². The van der Waals surface area contributed by atoms with Crippen LogP contribution in [0.3, 0.4) is 0 Å². The zero-order valence-electron chi connectivity index (χ0n) is 10.7. The molecule has 0 atom stereocenters. The number of hydrogen-bond donors (Lipinski definition) is 1. The Hall–Kier alpha value is -1.59. The van der Waals surface area contributed by atoms with Gasteiger partial charge in [0.2, 0.25) is 0 Å². The average Bonchev–Trinajstić information content (AvgIpc) is 2.86. The van der Waals surface area contributed by atoms with Gasteiger partial charge >= 0.3 is 0 Å². The fraction of sp³-hybridized carbons (Fsp3) is 0.308. The van der Waals surface area contributed by atoms with Gasteiger partial charge in [-0.05, 0) is 24.6 Å². The van der Waals surface area contributed by atoms with E-state index in [0.717, 1.165) is 27.6 Å². The summed E-state index contributed by atoms with van der Waals surface area (Å²) in [7, 11) is 3.26. The molecule has 0 unspecified atom stereocenters. The van der Waals surface area contributed by atoms with E-state index in [1.165, 1.54) is 0 Å². The molecule has 2 aromatic rings. The standard InChI is InChI=1S/C13H16N2O2S/c1-8-4-11(16-2)12(17-3)5-10(8)13-15-9(6-14)7-18-13/h4-5,7H,6,14H2,1-3H3. The quantitative estimate of drug-likeness (QED) is 0.922. The third kappa shape index (κ3) is 2.32. The molecule has 0 bridgehead atoms. The molecule has 0 aliphatic rings. The summed E-state index contributed by atoms with van der Waals surface area (Å²) in [6.45, 7) is 2.49. The Morgan fingerprint density at radius 2 is 1.89 bits per heavy atom. The molecule has 0 saturated carbocycles. The van der Waals surface area contributed by atoms with Crippen molar-refractivity contribution in [3.05, 3.63) is 28.8 Å². The highest BCUT2D eigenvalue weighted by Crippen LogP contribution is 2.36. The van der Waals surface area contributed by atoms with Gasteiger partial charge < -0.3 is 15.2 Å². The zero-order chi connectivity index (χ0) is 13.1. The summed E-state index contributed by atoms with van der Waals surface area (Å²) < 4.78 is 10.6. The van der Waals surface area contributed by atoms with Gasteiger partial charge in [-0.25, -0.2) is 4.98 Å². The molecule has 0 aliphatic heterocycles. The summed E-state index contributed by atoms with van der Waals surface area (Å²) in [5.74, 6) is 1.44. The average molecular weight is 264 g/mol. The third-order valence-electron chi connectivity index (χ3n) is 2.72. The predicted molar refractivity (Wildman–Crippen MR) is 73.3 cm³/mol. The van der Waals surface area contributed by atoms with Crippen LogP contribution in [0.1, 0.15) is 11.3 Å². The lowest BCUT2D eigenvalue weighted by Crippen LogP contribution is -1.96. The fourth-order valence-corrected chi connectivity index (χ4v) is 2.65. The molecule has 0 amide bonds. The number of aromatic nitrogens is 1. The first kappa shape index (κ1) is 12.9. The van der Waals surface area contributed by atoms with E-state index in [4.69, 9.17) is 15.2 Å². The van der Waals surface area contributed by atoms with Crippen molar-refractivity contribution < 1.29 is 9.47 Å². The molecule has 2 N–H and O–H groups in total. The first-order chi connectivity index (χ1) is 8.69. The van der Waals surface area contributed by atoms with E-state index in [2.05, 4.69) is 4.98 Å². The second-order valence-electron chi connectivity index (χ2n) is 3.87. The van der Waals surface area contributed by atoms with E-state index in [0.29, 0.717) is 12.3 Å². The van der Waals surface area contributed by atoms with Gasteiger partial charge in [0.15, 0.2) is 11.5 Å². The minimum absolute atomic E-state index is 0.461. The first-order valence-corrected chi connectivity index (χ1v) is 6.45. The Morgan fingerprint density at radius 3 is 2.44 bits per heavy atom. The first-order valence-electron chi connectivity index (χ1n) is 5.57. The molecule has 96 valence electrons. The van der Waals surface area contributed by atoms with Crippen molar-refractivity contribution in [2.75, 3.05) is 14.2 Å². The molecule has 1 aromatic heterocycles. The van der Waals surface area contributed by atoms with Crippen LogP contribution in [0, 0.1) is 6.92 Å².